The number of aryl methyl sites for hydroxylation is 3. The summed E-state index contributed by atoms with van der Waals surface area (Å²) in [5.41, 5.74) is 5.82. The first-order valence-electron chi connectivity index (χ1n) is 5.99. The van der Waals surface area contributed by atoms with Crippen molar-refractivity contribution in [1.82, 2.24) is 5.32 Å². The molecule has 15 heavy (non-hydrogen) atoms. The Morgan fingerprint density at radius 3 is 2.27 bits per heavy atom. The van der Waals surface area contributed by atoms with Gasteiger partial charge in [0.25, 0.3) is 0 Å². The van der Waals surface area contributed by atoms with Crippen molar-refractivity contribution in [3.05, 3.63) is 34.4 Å². The quantitative estimate of drug-likeness (QED) is 0.737. The van der Waals surface area contributed by atoms with Gasteiger partial charge in [-0.2, -0.15) is 0 Å². The van der Waals surface area contributed by atoms with Crippen LogP contribution in [-0.2, 0) is 0 Å². The van der Waals surface area contributed by atoms with Gasteiger partial charge in [0.2, 0.25) is 0 Å². The number of hydrogen-bond acceptors (Lipinski definition) is 1. The van der Waals surface area contributed by atoms with Crippen LogP contribution in [0.1, 0.15) is 47.6 Å². The summed E-state index contributed by atoms with van der Waals surface area (Å²) in [6.45, 7) is 7.84. The van der Waals surface area contributed by atoms with Gasteiger partial charge < -0.3 is 5.32 Å². The van der Waals surface area contributed by atoms with Crippen molar-refractivity contribution >= 4 is 0 Å². The Morgan fingerprint density at radius 1 is 1.07 bits per heavy atom. The second kappa shape index (κ2) is 4.36. The van der Waals surface area contributed by atoms with Crippen LogP contribution in [0.2, 0.25) is 0 Å². The van der Waals surface area contributed by atoms with E-state index in [1.54, 1.807) is 5.56 Å². The van der Waals surface area contributed by atoms with E-state index < -0.39 is 0 Å². The van der Waals surface area contributed by atoms with E-state index in [0.29, 0.717) is 6.04 Å². The summed E-state index contributed by atoms with van der Waals surface area (Å²) in [6.07, 6.45) is 4.00. The molecule has 0 bridgehead atoms. The molecule has 0 spiro atoms. The Hall–Kier alpha value is -0.820. The zero-order valence-electron chi connectivity index (χ0n) is 10.1. The van der Waals surface area contributed by atoms with E-state index >= 15 is 0 Å². The maximum atomic E-state index is 3.64. The molecule has 0 aromatic heterocycles. The highest BCUT2D eigenvalue weighted by atomic mass is 14.9. The summed E-state index contributed by atoms with van der Waals surface area (Å²) in [5.74, 6) is 0. The minimum absolute atomic E-state index is 0.597. The van der Waals surface area contributed by atoms with Gasteiger partial charge in [-0.3, -0.25) is 0 Å². The molecule has 1 N–H and O–H groups in total. The summed E-state index contributed by atoms with van der Waals surface area (Å²) < 4.78 is 0. The summed E-state index contributed by atoms with van der Waals surface area (Å²) >= 11 is 0. The van der Waals surface area contributed by atoms with Crippen LogP contribution < -0.4 is 5.32 Å². The fourth-order valence-corrected chi connectivity index (χ4v) is 2.84. The van der Waals surface area contributed by atoms with Crippen LogP contribution in [0.25, 0.3) is 0 Å². The smallest absolute Gasteiger partial charge is 0.0325 e. The summed E-state index contributed by atoms with van der Waals surface area (Å²) in [7, 11) is 0. The van der Waals surface area contributed by atoms with Crippen molar-refractivity contribution in [1.29, 1.82) is 0 Å². The number of nitrogens with one attached hydrogen (secondary N) is 1. The molecule has 1 atom stereocenters. The van der Waals surface area contributed by atoms with Crippen LogP contribution in [0.15, 0.2) is 12.1 Å². The van der Waals surface area contributed by atoms with Crippen molar-refractivity contribution < 1.29 is 0 Å². The van der Waals surface area contributed by atoms with Gasteiger partial charge in [0, 0.05) is 6.04 Å². The van der Waals surface area contributed by atoms with Gasteiger partial charge in [0.15, 0.2) is 0 Å². The fraction of sp³-hybridized carbons (Fsp3) is 0.571. The largest absolute Gasteiger partial charge is 0.310 e. The molecule has 0 unspecified atom stereocenters. The summed E-state index contributed by atoms with van der Waals surface area (Å²) in [6, 6.07) is 5.20. The average molecular weight is 203 g/mol. The lowest BCUT2D eigenvalue weighted by atomic mass is 9.89. The maximum absolute atomic E-state index is 3.64. The molecule has 0 saturated carbocycles. The Labute approximate surface area is 92.9 Å². The molecule has 1 heterocycles. The minimum atomic E-state index is 0.597. The molecule has 1 fully saturated rings. The van der Waals surface area contributed by atoms with Gasteiger partial charge in [-0.25, -0.2) is 0 Å². The Kier molecular flexibility index (Phi) is 3.11. The number of benzene rings is 1. The maximum Gasteiger partial charge on any atom is 0.0325 e. The van der Waals surface area contributed by atoms with E-state index in [1.165, 1.54) is 42.5 Å². The molecule has 0 aliphatic carbocycles. The predicted octanol–water partition coefficient (Wildman–Crippen LogP) is 3.43. The molecular weight excluding hydrogens is 182 g/mol. The molecule has 1 nitrogen and oxygen atoms in total. The number of hydrogen-bond donors (Lipinski definition) is 1. The normalized spacial score (nSPS) is 21.7. The molecular formula is C14H21N. The van der Waals surface area contributed by atoms with Gasteiger partial charge in [0.1, 0.15) is 0 Å². The fourth-order valence-electron chi connectivity index (χ4n) is 2.84. The van der Waals surface area contributed by atoms with E-state index in [9.17, 15) is 0 Å². The molecule has 1 aliphatic rings. The molecule has 1 aromatic rings. The second-order valence-corrected chi connectivity index (χ2v) is 4.81. The first kappa shape index (κ1) is 10.7. The highest BCUT2D eigenvalue weighted by Crippen LogP contribution is 2.29. The van der Waals surface area contributed by atoms with E-state index in [4.69, 9.17) is 0 Å². The van der Waals surface area contributed by atoms with Crippen LogP contribution in [0.3, 0.4) is 0 Å². The number of rotatable bonds is 1. The Bertz CT molecular complexity index is 325. The molecule has 1 heteroatoms. The highest BCUT2D eigenvalue weighted by molar-refractivity contribution is 5.39. The van der Waals surface area contributed by atoms with E-state index in [0.717, 1.165) is 0 Å². The van der Waals surface area contributed by atoms with Crippen molar-refractivity contribution in [3.63, 3.8) is 0 Å². The van der Waals surface area contributed by atoms with Crippen molar-refractivity contribution in [2.45, 2.75) is 46.1 Å². The summed E-state index contributed by atoms with van der Waals surface area (Å²) in [5, 5.41) is 3.64. The molecule has 82 valence electrons. The third-order valence-corrected chi connectivity index (χ3v) is 3.40. The molecule has 2 rings (SSSR count). The minimum Gasteiger partial charge on any atom is -0.310 e. The second-order valence-electron chi connectivity index (χ2n) is 4.81. The molecule has 0 radical (unpaired) electrons. The van der Waals surface area contributed by atoms with Crippen LogP contribution >= 0.6 is 0 Å². The van der Waals surface area contributed by atoms with E-state index in [-0.39, 0.29) is 0 Å². The van der Waals surface area contributed by atoms with Crippen LogP contribution in [0.5, 0.6) is 0 Å². The van der Waals surface area contributed by atoms with Crippen LogP contribution in [0.4, 0.5) is 0 Å². The third-order valence-electron chi connectivity index (χ3n) is 3.40. The standard InChI is InChI=1S/C14H21N/c1-10-8-11(2)14(12(3)9-10)13-6-4-5-7-15-13/h8-9,13,15H,4-7H2,1-3H3/t13-/m0/s1. The monoisotopic (exact) mass is 203 g/mol. The van der Waals surface area contributed by atoms with Crippen molar-refractivity contribution in [2.24, 2.45) is 0 Å². The first-order chi connectivity index (χ1) is 7.18. The van der Waals surface area contributed by atoms with Gasteiger partial charge in [-0.15, -0.1) is 0 Å². The zero-order valence-corrected chi connectivity index (χ0v) is 10.1. The molecule has 1 saturated heterocycles. The van der Waals surface area contributed by atoms with E-state index in [1.807, 2.05) is 0 Å². The van der Waals surface area contributed by atoms with Crippen LogP contribution in [0, 0.1) is 20.8 Å². The van der Waals surface area contributed by atoms with Gasteiger partial charge in [0.05, 0.1) is 0 Å². The Balaban J connectivity index is 2.33. The predicted molar refractivity (Wildman–Crippen MR) is 65.2 cm³/mol. The van der Waals surface area contributed by atoms with Crippen LogP contribution in [-0.4, -0.2) is 6.54 Å². The lowest BCUT2D eigenvalue weighted by Crippen LogP contribution is -2.28. The van der Waals surface area contributed by atoms with Gasteiger partial charge in [-0.1, -0.05) is 24.1 Å². The van der Waals surface area contributed by atoms with Gasteiger partial charge >= 0.3 is 0 Å². The lowest BCUT2D eigenvalue weighted by Gasteiger charge is -2.27. The summed E-state index contributed by atoms with van der Waals surface area (Å²) in [4.78, 5) is 0. The topological polar surface area (TPSA) is 12.0 Å². The average Bonchev–Trinajstić information content (AvgIpc) is 2.17. The van der Waals surface area contributed by atoms with Gasteiger partial charge in [-0.05, 0) is 56.8 Å². The SMILES string of the molecule is Cc1cc(C)c([C@@H]2CCCCN2)c(C)c1. The first-order valence-corrected chi connectivity index (χ1v) is 5.99. The zero-order chi connectivity index (χ0) is 10.8. The number of piperidine rings is 1. The van der Waals surface area contributed by atoms with Crippen molar-refractivity contribution in [2.75, 3.05) is 6.54 Å². The Morgan fingerprint density at radius 2 is 1.73 bits per heavy atom. The molecule has 1 aliphatic heterocycles. The molecule has 1 aromatic carbocycles. The highest BCUT2D eigenvalue weighted by Gasteiger charge is 2.18. The lowest BCUT2D eigenvalue weighted by molar-refractivity contribution is 0.410. The third kappa shape index (κ3) is 2.23. The molecule has 0 amide bonds. The van der Waals surface area contributed by atoms with Crippen molar-refractivity contribution in [3.8, 4) is 0 Å². The van der Waals surface area contributed by atoms with E-state index in [2.05, 4.69) is 38.2 Å².